The molecule has 1 saturated carbocycles. The zero-order valence-electron chi connectivity index (χ0n) is 11.3. The maximum atomic E-state index is 6.16. The average molecular weight is 238 g/mol. The molecule has 1 heterocycles. The van der Waals surface area contributed by atoms with Crippen LogP contribution >= 0.6 is 0 Å². The second kappa shape index (κ2) is 6.55. The van der Waals surface area contributed by atoms with Crippen molar-refractivity contribution in [2.75, 3.05) is 6.61 Å². The molecule has 1 saturated heterocycles. The summed E-state index contributed by atoms with van der Waals surface area (Å²) in [5.74, 6) is 0.626. The third kappa shape index (κ3) is 4.11. The first-order chi connectivity index (χ1) is 8.25. The maximum Gasteiger partial charge on any atom is 0.158 e. The van der Waals surface area contributed by atoms with Crippen molar-refractivity contribution < 1.29 is 9.47 Å². The van der Waals surface area contributed by atoms with Crippen molar-refractivity contribution in [3.8, 4) is 0 Å². The van der Waals surface area contributed by atoms with E-state index >= 15 is 0 Å². The minimum Gasteiger partial charge on any atom is -0.353 e. The van der Waals surface area contributed by atoms with E-state index in [1.165, 1.54) is 44.1 Å². The Balaban J connectivity index is 1.91. The first kappa shape index (κ1) is 13.1. The van der Waals surface area contributed by atoms with Gasteiger partial charge in [0.15, 0.2) is 6.29 Å². The molecule has 0 bridgehead atoms. The van der Waals surface area contributed by atoms with Gasteiger partial charge >= 0.3 is 0 Å². The lowest BCUT2D eigenvalue weighted by Crippen LogP contribution is -2.30. The van der Waals surface area contributed by atoms with E-state index in [0.29, 0.717) is 12.0 Å². The molecule has 2 aliphatic rings. The van der Waals surface area contributed by atoms with Gasteiger partial charge in [-0.3, -0.25) is 0 Å². The number of ether oxygens (including phenoxy) is 2. The van der Waals surface area contributed by atoms with E-state index in [1.807, 2.05) is 0 Å². The molecule has 0 radical (unpaired) electrons. The summed E-state index contributed by atoms with van der Waals surface area (Å²) in [5.41, 5.74) is 1.51. The predicted molar refractivity (Wildman–Crippen MR) is 69.9 cm³/mol. The van der Waals surface area contributed by atoms with Crippen molar-refractivity contribution in [2.24, 2.45) is 5.92 Å². The van der Waals surface area contributed by atoms with Crippen LogP contribution < -0.4 is 0 Å². The maximum absolute atomic E-state index is 6.16. The molecule has 0 N–H and O–H groups in total. The minimum absolute atomic E-state index is 0.0578. The molecule has 0 aromatic heterocycles. The van der Waals surface area contributed by atoms with Crippen LogP contribution in [0.4, 0.5) is 0 Å². The summed E-state index contributed by atoms with van der Waals surface area (Å²) in [6.07, 6.45) is 11.3. The van der Waals surface area contributed by atoms with Crippen LogP contribution in [0.3, 0.4) is 0 Å². The van der Waals surface area contributed by atoms with E-state index in [1.54, 1.807) is 0 Å². The van der Waals surface area contributed by atoms with E-state index in [-0.39, 0.29) is 6.29 Å². The van der Waals surface area contributed by atoms with Gasteiger partial charge in [0.2, 0.25) is 0 Å². The molecule has 0 amide bonds. The average Bonchev–Trinajstić information content (AvgIpc) is 2.32. The van der Waals surface area contributed by atoms with Crippen molar-refractivity contribution in [1.82, 2.24) is 0 Å². The lowest BCUT2D eigenvalue weighted by Gasteiger charge is -2.32. The fourth-order valence-electron chi connectivity index (χ4n) is 2.78. The highest BCUT2D eigenvalue weighted by Crippen LogP contribution is 2.29. The van der Waals surface area contributed by atoms with Crippen LogP contribution in [-0.4, -0.2) is 19.0 Å². The van der Waals surface area contributed by atoms with E-state index < -0.39 is 0 Å². The SMILES string of the molecule is CC(C)C=C1CCCC[C@@H]1O[C@H]1CCCCO1. The fourth-order valence-corrected chi connectivity index (χ4v) is 2.78. The smallest absolute Gasteiger partial charge is 0.158 e. The third-order valence-electron chi connectivity index (χ3n) is 3.60. The molecule has 1 aliphatic heterocycles. The Morgan fingerprint density at radius 3 is 2.71 bits per heavy atom. The summed E-state index contributed by atoms with van der Waals surface area (Å²) < 4.78 is 11.8. The van der Waals surface area contributed by atoms with Gasteiger partial charge in [-0.05, 0) is 50.0 Å². The molecule has 98 valence electrons. The molecule has 2 atom stereocenters. The summed E-state index contributed by atoms with van der Waals surface area (Å²) in [7, 11) is 0. The van der Waals surface area contributed by atoms with Gasteiger partial charge in [0, 0.05) is 6.61 Å². The second-order valence-corrected chi connectivity index (χ2v) is 5.65. The van der Waals surface area contributed by atoms with Crippen LogP contribution in [0.5, 0.6) is 0 Å². The molecule has 2 nitrogen and oxygen atoms in total. The van der Waals surface area contributed by atoms with E-state index in [9.17, 15) is 0 Å². The quantitative estimate of drug-likeness (QED) is 0.690. The number of hydrogen-bond donors (Lipinski definition) is 0. The summed E-state index contributed by atoms with van der Waals surface area (Å²) in [6, 6.07) is 0. The lowest BCUT2D eigenvalue weighted by molar-refractivity contribution is -0.183. The largest absolute Gasteiger partial charge is 0.353 e. The molecule has 0 aromatic carbocycles. The first-order valence-electron chi connectivity index (χ1n) is 7.23. The Bertz CT molecular complexity index is 252. The molecule has 2 heteroatoms. The highest BCUT2D eigenvalue weighted by atomic mass is 16.7. The van der Waals surface area contributed by atoms with Crippen molar-refractivity contribution in [3.05, 3.63) is 11.6 Å². The normalized spacial score (nSPS) is 33.2. The van der Waals surface area contributed by atoms with Crippen LogP contribution in [0.15, 0.2) is 11.6 Å². The van der Waals surface area contributed by atoms with Crippen LogP contribution in [0.2, 0.25) is 0 Å². The van der Waals surface area contributed by atoms with Crippen LogP contribution in [-0.2, 0) is 9.47 Å². The van der Waals surface area contributed by atoms with E-state index in [4.69, 9.17) is 9.47 Å². The summed E-state index contributed by atoms with van der Waals surface area (Å²) in [4.78, 5) is 0. The standard InChI is InChI=1S/C15H26O2/c1-12(2)11-13-7-3-4-8-14(13)17-15-9-5-6-10-16-15/h11-12,14-15H,3-10H2,1-2H3/t14-,15-/m0/s1. The van der Waals surface area contributed by atoms with Gasteiger partial charge in [-0.25, -0.2) is 0 Å². The number of hydrogen-bond acceptors (Lipinski definition) is 2. The van der Waals surface area contributed by atoms with Crippen molar-refractivity contribution >= 4 is 0 Å². The van der Waals surface area contributed by atoms with Crippen molar-refractivity contribution in [1.29, 1.82) is 0 Å². The predicted octanol–water partition coefficient (Wildman–Crippen LogP) is 4.05. The van der Waals surface area contributed by atoms with E-state index in [0.717, 1.165) is 13.0 Å². The molecular weight excluding hydrogens is 212 g/mol. The van der Waals surface area contributed by atoms with Gasteiger partial charge in [-0.1, -0.05) is 26.3 Å². The Labute approximate surface area is 105 Å². The molecule has 0 unspecified atom stereocenters. The summed E-state index contributed by atoms with van der Waals surface area (Å²) in [6.45, 7) is 5.37. The number of allylic oxidation sites excluding steroid dienone is 1. The zero-order chi connectivity index (χ0) is 12.1. The van der Waals surface area contributed by atoms with Crippen LogP contribution in [0, 0.1) is 5.92 Å². The molecule has 0 aromatic rings. The summed E-state index contributed by atoms with van der Waals surface area (Å²) in [5, 5.41) is 0. The van der Waals surface area contributed by atoms with Gasteiger partial charge in [0.25, 0.3) is 0 Å². The Kier molecular flexibility index (Phi) is 5.05. The Hall–Kier alpha value is -0.340. The molecular formula is C15H26O2. The molecule has 0 spiro atoms. The first-order valence-corrected chi connectivity index (χ1v) is 7.23. The molecule has 2 fully saturated rings. The van der Waals surface area contributed by atoms with Crippen molar-refractivity contribution in [2.45, 2.75) is 71.2 Å². The number of rotatable bonds is 3. The van der Waals surface area contributed by atoms with Gasteiger partial charge in [0.05, 0.1) is 6.10 Å². The fraction of sp³-hybridized carbons (Fsp3) is 0.867. The van der Waals surface area contributed by atoms with Gasteiger partial charge in [-0.2, -0.15) is 0 Å². The molecule has 1 aliphatic carbocycles. The zero-order valence-corrected chi connectivity index (χ0v) is 11.3. The monoisotopic (exact) mass is 238 g/mol. The van der Waals surface area contributed by atoms with Crippen LogP contribution in [0.1, 0.15) is 58.8 Å². The molecule has 17 heavy (non-hydrogen) atoms. The Morgan fingerprint density at radius 1 is 1.18 bits per heavy atom. The van der Waals surface area contributed by atoms with E-state index in [2.05, 4.69) is 19.9 Å². The highest BCUT2D eigenvalue weighted by Gasteiger charge is 2.24. The summed E-state index contributed by atoms with van der Waals surface area (Å²) >= 11 is 0. The third-order valence-corrected chi connectivity index (χ3v) is 3.60. The topological polar surface area (TPSA) is 18.5 Å². The van der Waals surface area contributed by atoms with Crippen LogP contribution in [0.25, 0.3) is 0 Å². The minimum atomic E-state index is 0.0578. The molecule has 2 rings (SSSR count). The van der Waals surface area contributed by atoms with Gasteiger partial charge in [-0.15, -0.1) is 0 Å². The van der Waals surface area contributed by atoms with Crippen molar-refractivity contribution in [3.63, 3.8) is 0 Å². The highest BCUT2D eigenvalue weighted by molar-refractivity contribution is 5.12. The van der Waals surface area contributed by atoms with Gasteiger partial charge < -0.3 is 9.47 Å². The lowest BCUT2D eigenvalue weighted by atomic mass is 9.90. The Morgan fingerprint density at radius 2 is 2.00 bits per heavy atom. The van der Waals surface area contributed by atoms with Gasteiger partial charge in [0.1, 0.15) is 0 Å². The second-order valence-electron chi connectivity index (χ2n) is 5.65.